The molecule has 9 heteroatoms. The van der Waals surface area contributed by atoms with E-state index >= 15 is 0 Å². The number of hydrogen-bond donors (Lipinski definition) is 2. The molecule has 1 atom stereocenters. The van der Waals surface area contributed by atoms with Crippen LogP contribution in [-0.2, 0) is 30.3 Å². The number of anilines is 1. The number of thiophene rings is 1. The molecule has 152 valence electrons. The van der Waals surface area contributed by atoms with Gasteiger partial charge in [0.2, 0.25) is 6.41 Å². The average Bonchev–Trinajstić information content (AvgIpc) is 2.99. The Bertz CT molecular complexity index is 648. The summed E-state index contributed by atoms with van der Waals surface area (Å²) in [5, 5.41) is 9.50. The number of carbonyl (C=O) groups is 3. The lowest BCUT2D eigenvalue weighted by Gasteiger charge is -2.35. The van der Waals surface area contributed by atoms with E-state index in [9.17, 15) is 14.4 Å². The van der Waals surface area contributed by atoms with Crippen LogP contribution in [0.1, 0.15) is 43.6 Å². The SMILES string of the molecule is CCOC(=O)CC[C@](N)(C(=O)OCC)N(C=O)c1cc(C)c(CCCO)s1. The minimum Gasteiger partial charge on any atom is -0.466 e. The van der Waals surface area contributed by atoms with E-state index in [1.54, 1.807) is 19.9 Å². The fraction of sp³-hybridized carbons (Fsp3) is 0.611. The number of amides is 1. The Labute approximate surface area is 163 Å². The first kappa shape index (κ1) is 23.1. The minimum atomic E-state index is -1.82. The molecule has 0 aliphatic rings. The van der Waals surface area contributed by atoms with Gasteiger partial charge in [-0.25, -0.2) is 4.79 Å². The summed E-state index contributed by atoms with van der Waals surface area (Å²) in [6, 6.07) is 1.76. The Morgan fingerprint density at radius 3 is 2.56 bits per heavy atom. The van der Waals surface area contributed by atoms with Crippen molar-refractivity contribution in [1.82, 2.24) is 0 Å². The van der Waals surface area contributed by atoms with E-state index in [0.29, 0.717) is 24.3 Å². The van der Waals surface area contributed by atoms with Gasteiger partial charge in [0.1, 0.15) is 0 Å². The number of aliphatic hydroxyl groups is 1. The Hall–Kier alpha value is -1.97. The molecular weight excluding hydrogens is 372 g/mol. The second-order valence-corrected chi connectivity index (χ2v) is 7.06. The minimum absolute atomic E-state index is 0.0628. The molecule has 1 rings (SSSR count). The third-order valence-corrected chi connectivity index (χ3v) is 5.28. The van der Waals surface area contributed by atoms with Gasteiger partial charge in [0, 0.05) is 24.3 Å². The number of carbonyl (C=O) groups excluding carboxylic acids is 3. The molecule has 0 aliphatic carbocycles. The summed E-state index contributed by atoms with van der Waals surface area (Å²) in [7, 11) is 0. The van der Waals surface area contributed by atoms with Crippen LogP contribution in [0.2, 0.25) is 0 Å². The van der Waals surface area contributed by atoms with Gasteiger partial charge < -0.3 is 14.6 Å². The van der Waals surface area contributed by atoms with E-state index < -0.39 is 17.6 Å². The molecule has 27 heavy (non-hydrogen) atoms. The number of nitrogens with two attached hydrogens (primary N) is 1. The molecule has 0 unspecified atom stereocenters. The number of hydrogen-bond acceptors (Lipinski definition) is 8. The normalized spacial score (nSPS) is 12.9. The number of ether oxygens (including phenoxy) is 2. The third kappa shape index (κ3) is 6.02. The summed E-state index contributed by atoms with van der Waals surface area (Å²) in [5.41, 5.74) is 5.41. The molecular formula is C18H28N2O6S. The maximum Gasteiger partial charge on any atom is 0.347 e. The van der Waals surface area contributed by atoms with Crippen LogP contribution >= 0.6 is 11.3 Å². The van der Waals surface area contributed by atoms with Gasteiger partial charge in [-0.3, -0.25) is 20.2 Å². The first-order chi connectivity index (χ1) is 12.8. The second-order valence-electron chi connectivity index (χ2n) is 5.94. The highest BCUT2D eigenvalue weighted by Gasteiger charge is 2.43. The summed E-state index contributed by atoms with van der Waals surface area (Å²) in [6.07, 6.45) is 1.46. The lowest BCUT2D eigenvalue weighted by atomic mass is 10.0. The van der Waals surface area contributed by atoms with Crippen LogP contribution < -0.4 is 10.6 Å². The number of esters is 2. The quantitative estimate of drug-likeness (QED) is 0.310. The molecule has 0 fully saturated rings. The van der Waals surface area contributed by atoms with Gasteiger partial charge in [-0.05, 0) is 45.2 Å². The summed E-state index contributed by atoms with van der Waals surface area (Å²) < 4.78 is 9.95. The van der Waals surface area contributed by atoms with Crippen LogP contribution in [0.4, 0.5) is 5.00 Å². The highest BCUT2D eigenvalue weighted by Crippen LogP contribution is 2.34. The summed E-state index contributed by atoms with van der Waals surface area (Å²) in [6.45, 7) is 5.57. The highest BCUT2D eigenvalue weighted by molar-refractivity contribution is 7.16. The molecule has 0 spiro atoms. The molecule has 1 heterocycles. The molecule has 0 radical (unpaired) electrons. The predicted molar refractivity (Wildman–Crippen MR) is 102 cm³/mol. The van der Waals surface area contributed by atoms with Crippen LogP contribution in [0.15, 0.2) is 6.07 Å². The largest absolute Gasteiger partial charge is 0.466 e. The molecule has 0 bridgehead atoms. The van der Waals surface area contributed by atoms with Gasteiger partial charge in [-0.15, -0.1) is 11.3 Å². The smallest absolute Gasteiger partial charge is 0.347 e. The van der Waals surface area contributed by atoms with Gasteiger partial charge >= 0.3 is 11.9 Å². The maximum absolute atomic E-state index is 12.5. The molecule has 0 saturated heterocycles. The standard InChI is InChI=1S/C18H28N2O6S/c1-4-25-16(23)8-9-18(19,17(24)26-5-2)20(12-22)15-11-13(3)14(27-15)7-6-10-21/h11-12,21H,4-10,19H2,1-3H3/t18-/m1/s1. The monoisotopic (exact) mass is 400 g/mol. The van der Waals surface area contributed by atoms with E-state index in [0.717, 1.165) is 15.3 Å². The Morgan fingerprint density at radius 2 is 2.00 bits per heavy atom. The number of aliphatic hydroxyl groups excluding tert-OH is 1. The van der Waals surface area contributed by atoms with Crippen LogP contribution in [0, 0.1) is 6.92 Å². The van der Waals surface area contributed by atoms with Crippen molar-refractivity contribution < 1.29 is 29.0 Å². The van der Waals surface area contributed by atoms with Crippen molar-refractivity contribution in [1.29, 1.82) is 0 Å². The van der Waals surface area contributed by atoms with Crippen molar-refractivity contribution in [2.24, 2.45) is 5.73 Å². The van der Waals surface area contributed by atoms with Crippen molar-refractivity contribution in [3.63, 3.8) is 0 Å². The molecule has 0 aromatic carbocycles. The van der Waals surface area contributed by atoms with Crippen molar-refractivity contribution in [2.75, 3.05) is 24.7 Å². The summed E-state index contributed by atoms with van der Waals surface area (Å²) in [4.78, 5) is 38.2. The van der Waals surface area contributed by atoms with Crippen LogP contribution in [0.3, 0.4) is 0 Å². The van der Waals surface area contributed by atoms with Crippen molar-refractivity contribution in [2.45, 2.75) is 52.1 Å². The molecule has 1 aromatic rings. The summed E-state index contributed by atoms with van der Waals surface area (Å²) >= 11 is 1.32. The third-order valence-electron chi connectivity index (χ3n) is 3.99. The molecule has 1 aromatic heterocycles. The fourth-order valence-corrected chi connectivity index (χ4v) is 3.81. The maximum atomic E-state index is 12.5. The van der Waals surface area contributed by atoms with Gasteiger partial charge in [-0.2, -0.15) is 0 Å². The zero-order valence-electron chi connectivity index (χ0n) is 16.0. The van der Waals surface area contributed by atoms with Gasteiger partial charge in [0.25, 0.3) is 0 Å². The van der Waals surface area contributed by atoms with Crippen LogP contribution in [-0.4, -0.2) is 48.9 Å². The van der Waals surface area contributed by atoms with Crippen LogP contribution in [0.25, 0.3) is 0 Å². The first-order valence-corrected chi connectivity index (χ1v) is 9.72. The highest BCUT2D eigenvalue weighted by atomic mass is 32.1. The van der Waals surface area contributed by atoms with Crippen molar-refractivity contribution in [3.05, 3.63) is 16.5 Å². The molecule has 8 nitrogen and oxygen atoms in total. The number of nitrogens with zero attached hydrogens (tertiary/aromatic N) is 1. The second kappa shape index (κ2) is 11.0. The van der Waals surface area contributed by atoms with Crippen molar-refractivity contribution >= 4 is 34.7 Å². The van der Waals surface area contributed by atoms with E-state index in [4.69, 9.17) is 20.3 Å². The first-order valence-electron chi connectivity index (χ1n) is 8.90. The van der Waals surface area contributed by atoms with Gasteiger partial charge in [-0.1, -0.05) is 0 Å². The number of aryl methyl sites for hydroxylation is 2. The zero-order valence-corrected chi connectivity index (χ0v) is 16.8. The molecule has 0 saturated carbocycles. The fourth-order valence-electron chi connectivity index (χ4n) is 2.55. The zero-order chi connectivity index (χ0) is 20.4. The molecule has 1 amide bonds. The Morgan fingerprint density at radius 1 is 1.33 bits per heavy atom. The van der Waals surface area contributed by atoms with Crippen molar-refractivity contribution in [3.8, 4) is 0 Å². The van der Waals surface area contributed by atoms with E-state index in [1.807, 2.05) is 6.92 Å². The Balaban J connectivity index is 3.17. The van der Waals surface area contributed by atoms with Gasteiger partial charge in [0.15, 0.2) is 5.66 Å². The van der Waals surface area contributed by atoms with Crippen LogP contribution in [0.5, 0.6) is 0 Å². The van der Waals surface area contributed by atoms with Gasteiger partial charge in [0.05, 0.1) is 18.2 Å². The van der Waals surface area contributed by atoms with E-state index in [1.165, 1.54) is 11.3 Å². The van der Waals surface area contributed by atoms with E-state index in [-0.39, 0.29) is 32.7 Å². The summed E-state index contributed by atoms with van der Waals surface area (Å²) in [5.74, 6) is -1.29. The number of rotatable bonds is 12. The molecule has 0 aliphatic heterocycles. The molecule has 3 N–H and O–H groups in total. The van der Waals surface area contributed by atoms with E-state index in [2.05, 4.69) is 0 Å². The predicted octanol–water partition coefficient (Wildman–Crippen LogP) is 1.51. The lowest BCUT2D eigenvalue weighted by Crippen LogP contribution is -2.62. The topological polar surface area (TPSA) is 119 Å². The average molecular weight is 400 g/mol. The lowest BCUT2D eigenvalue weighted by molar-refractivity contribution is -0.151. The Kier molecular flexibility index (Phi) is 9.40.